The molecular weight excluding hydrogens is 262 g/mol. The van der Waals surface area contributed by atoms with Gasteiger partial charge in [0, 0.05) is 4.88 Å². The van der Waals surface area contributed by atoms with Gasteiger partial charge in [-0.1, -0.05) is 11.6 Å². The number of hydrogen-bond acceptors (Lipinski definition) is 3. The molecule has 2 heterocycles. The van der Waals surface area contributed by atoms with Crippen LogP contribution in [0.3, 0.4) is 0 Å². The molecule has 16 heavy (non-hydrogen) atoms. The van der Waals surface area contributed by atoms with E-state index in [1.807, 2.05) is 18.4 Å². The van der Waals surface area contributed by atoms with E-state index >= 15 is 0 Å². The quantitative estimate of drug-likeness (QED) is 0.906. The highest BCUT2D eigenvalue weighted by Crippen LogP contribution is 2.21. The lowest BCUT2D eigenvalue weighted by atomic mass is 10.3. The molecule has 0 aliphatic heterocycles. The molecule has 2 aromatic rings. The largest absolute Gasteiger partial charge is 0.346 e. The second kappa shape index (κ2) is 4.99. The summed E-state index contributed by atoms with van der Waals surface area (Å²) < 4.78 is 0.637. The minimum atomic E-state index is -0.0651. The van der Waals surface area contributed by atoms with Crippen molar-refractivity contribution in [2.75, 3.05) is 0 Å². The molecule has 0 aromatic carbocycles. The summed E-state index contributed by atoms with van der Waals surface area (Å²) >= 11 is 8.72. The molecule has 2 aromatic heterocycles. The summed E-state index contributed by atoms with van der Waals surface area (Å²) in [5.74, 6) is -0.0651. The molecule has 0 saturated heterocycles. The van der Waals surface area contributed by atoms with Crippen LogP contribution in [0.1, 0.15) is 20.1 Å². The molecule has 0 radical (unpaired) electrons. The van der Waals surface area contributed by atoms with Crippen LogP contribution in [0, 0.1) is 6.92 Å². The molecule has 0 aliphatic carbocycles. The van der Waals surface area contributed by atoms with Crippen molar-refractivity contribution < 1.29 is 4.79 Å². The SMILES string of the molecule is Cc1ccsc1CNC(=O)c1ccc(Cl)s1. The lowest BCUT2D eigenvalue weighted by Crippen LogP contribution is -2.21. The molecule has 2 nitrogen and oxygen atoms in total. The number of rotatable bonds is 3. The summed E-state index contributed by atoms with van der Waals surface area (Å²) in [5.41, 5.74) is 1.22. The van der Waals surface area contributed by atoms with E-state index in [9.17, 15) is 4.79 Å². The Morgan fingerprint density at radius 2 is 2.25 bits per heavy atom. The van der Waals surface area contributed by atoms with Gasteiger partial charge in [0.15, 0.2) is 0 Å². The van der Waals surface area contributed by atoms with Gasteiger partial charge < -0.3 is 5.32 Å². The van der Waals surface area contributed by atoms with Crippen molar-refractivity contribution in [1.29, 1.82) is 0 Å². The van der Waals surface area contributed by atoms with Crippen molar-refractivity contribution in [3.63, 3.8) is 0 Å². The molecule has 1 amide bonds. The van der Waals surface area contributed by atoms with Crippen LogP contribution in [0.25, 0.3) is 0 Å². The molecule has 2 rings (SSSR count). The van der Waals surface area contributed by atoms with Crippen LogP contribution in [-0.2, 0) is 6.54 Å². The number of halogens is 1. The molecule has 0 unspecified atom stereocenters. The van der Waals surface area contributed by atoms with Crippen LogP contribution in [-0.4, -0.2) is 5.91 Å². The highest BCUT2D eigenvalue weighted by atomic mass is 35.5. The highest BCUT2D eigenvalue weighted by Gasteiger charge is 2.09. The van der Waals surface area contributed by atoms with Gasteiger partial charge in [0.05, 0.1) is 15.8 Å². The Kier molecular flexibility index (Phi) is 3.63. The maximum atomic E-state index is 11.7. The smallest absolute Gasteiger partial charge is 0.261 e. The second-order valence-electron chi connectivity index (χ2n) is 3.31. The number of carbonyl (C=O) groups excluding carboxylic acids is 1. The maximum Gasteiger partial charge on any atom is 0.261 e. The summed E-state index contributed by atoms with van der Waals surface area (Å²) in [5, 5.41) is 4.91. The third-order valence-corrected chi connectivity index (χ3v) is 4.43. The first-order valence-electron chi connectivity index (χ1n) is 4.73. The number of carbonyl (C=O) groups is 1. The number of thiophene rings is 2. The van der Waals surface area contributed by atoms with Crippen LogP contribution < -0.4 is 5.32 Å². The number of nitrogens with one attached hydrogen (secondary N) is 1. The van der Waals surface area contributed by atoms with Crippen molar-refractivity contribution >= 4 is 40.2 Å². The Morgan fingerprint density at radius 3 is 2.81 bits per heavy atom. The summed E-state index contributed by atoms with van der Waals surface area (Å²) in [6, 6.07) is 5.52. The van der Waals surface area contributed by atoms with Gasteiger partial charge in [0.25, 0.3) is 5.91 Å². The summed E-state index contributed by atoms with van der Waals surface area (Å²) in [7, 11) is 0. The molecule has 0 atom stereocenters. The average Bonchev–Trinajstić information content (AvgIpc) is 2.84. The van der Waals surface area contributed by atoms with Crippen molar-refractivity contribution in [2.45, 2.75) is 13.5 Å². The van der Waals surface area contributed by atoms with Crippen molar-refractivity contribution in [2.24, 2.45) is 0 Å². The van der Waals surface area contributed by atoms with E-state index in [2.05, 4.69) is 5.32 Å². The maximum absolute atomic E-state index is 11.7. The summed E-state index contributed by atoms with van der Waals surface area (Å²) in [4.78, 5) is 13.6. The average molecular weight is 272 g/mol. The van der Waals surface area contributed by atoms with E-state index in [0.717, 1.165) is 0 Å². The monoisotopic (exact) mass is 271 g/mol. The normalized spacial score (nSPS) is 10.4. The molecule has 0 bridgehead atoms. The van der Waals surface area contributed by atoms with Crippen molar-refractivity contribution in [3.05, 3.63) is 43.2 Å². The first kappa shape index (κ1) is 11.6. The fourth-order valence-electron chi connectivity index (χ4n) is 1.27. The minimum absolute atomic E-state index is 0.0651. The van der Waals surface area contributed by atoms with E-state index < -0.39 is 0 Å². The topological polar surface area (TPSA) is 29.1 Å². The Bertz CT molecular complexity index is 504. The fourth-order valence-corrected chi connectivity index (χ4v) is 3.07. The molecule has 5 heteroatoms. The number of amides is 1. The molecule has 0 saturated carbocycles. The van der Waals surface area contributed by atoms with Crippen LogP contribution in [0.4, 0.5) is 0 Å². The van der Waals surface area contributed by atoms with Gasteiger partial charge in [0.2, 0.25) is 0 Å². The Labute approximate surface area is 107 Å². The van der Waals surface area contributed by atoms with Crippen LogP contribution in [0.2, 0.25) is 4.34 Å². The Morgan fingerprint density at radius 1 is 1.44 bits per heavy atom. The molecular formula is C11H10ClNOS2. The number of hydrogen-bond donors (Lipinski definition) is 1. The van der Waals surface area contributed by atoms with Gasteiger partial charge in [-0.05, 0) is 36.1 Å². The molecule has 0 fully saturated rings. The Balaban J connectivity index is 1.96. The van der Waals surface area contributed by atoms with Crippen LogP contribution in [0.5, 0.6) is 0 Å². The molecule has 0 aliphatic rings. The van der Waals surface area contributed by atoms with Gasteiger partial charge in [-0.2, -0.15) is 0 Å². The lowest BCUT2D eigenvalue weighted by molar-refractivity contribution is 0.0955. The Hall–Kier alpha value is -0.840. The molecule has 1 N–H and O–H groups in total. The van der Waals surface area contributed by atoms with E-state index in [1.54, 1.807) is 23.5 Å². The van der Waals surface area contributed by atoms with Gasteiger partial charge in [-0.25, -0.2) is 0 Å². The van der Waals surface area contributed by atoms with E-state index in [4.69, 9.17) is 11.6 Å². The second-order valence-corrected chi connectivity index (χ2v) is 6.03. The van der Waals surface area contributed by atoms with E-state index in [0.29, 0.717) is 15.8 Å². The molecule has 84 valence electrons. The first-order chi connectivity index (χ1) is 7.66. The zero-order chi connectivity index (χ0) is 11.5. The first-order valence-corrected chi connectivity index (χ1v) is 6.81. The van der Waals surface area contributed by atoms with E-state index in [-0.39, 0.29) is 5.91 Å². The summed E-state index contributed by atoms with van der Waals surface area (Å²) in [6.07, 6.45) is 0. The van der Waals surface area contributed by atoms with Gasteiger partial charge in [-0.3, -0.25) is 4.79 Å². The summed E-state index contributed by atoms with van der Waals surface area (Å²) in [6.45, 7) is 2.62. The van der Waals surface area contributed by atoms with Crippen LogP contribution in [0.15, 0.2) is 23.6 Å². The van der Waals surface area contributed by atoms with E-state index in [1.165, 1.54) is 21.8 Å². The molecule has 0 spiro atoms. The van der Waals surface area contributed by atoms with Crippen molar-refractivity contribution in [1.82, 2.24) is 5.32 Å². The lowest BCUT2D eigenvalue weighted by Gasteiger charge is -2.02. The van der Waals surface area contributed by atoms with Gasteiger partial charge >= 0.3 is 0 Å². The zero-order valence-corrected chi connectivity index (χ0v) is 11.0. The predicted octanol–water partition coefficient (Wildman–Crippen LogP) is 3.70. The third-order valence-electron chi connectivity index (χ3n) is 2.17. The zero-order valence-electron chi connectivity index (χ0n) is 8.62. The van der Waals surface area contributed by atoms with Gasteiger partial charge in [0.1, 0.15) is 0 Å². The highest BCUT2D eigenvalue weighted by molar-refractivity contribution is 7.18. The third kappa shape index (κ3) is 2.64. The standard InChI is InChI=1S/C11H10ClNOS2/c1-7-4-5-15-9(7)6-13-11(14)8-2-3-10(12)16-8/h2-5H,6H2,1H3,(H,13,14). The predicted molar refractivity (Wildman–Crippen MR) is 69.6 cm³/mol. The van der Waals surface area contributed by atoms with Crippen molar-refractivity contribution in [3.8, 4) is 0 Å². The van der Waals surface area contributed by atoms with Crippen LogP contribution >= 0.6 is 34.3 Å². The fraction of sp³-hybridized carbons (Fsp3) is 0.182. The van der Waals surface area contributed by atoms with Gasteiger partial charge in [-0.15, -0.1) is 22.7 Å². The number of aryl methyl sites for hydroxylation is 1. The minimum Gasteiger partial charge on any atom is -0.346 e.